The number of carboxylic acid groups (broad SMARTS) is 1. The molecule has 0 radical (unpaired) electrons. The van der Waals surface area contributed by atoms with E-state index >= 15 is 0 Å². The summed E-state index contributed by atoms with van der Waals surface area (Å²) in [4.78, 5) is 10.4. The third-order valence-corrected chi connectivity index (χ3v) is 4.29. The van der Waals surface area contributed by atoms with Crippen molar-refractivity contribution in [1.29, 1.82) is 0 Å². The van der Waals surface area contributed by atoms with E-state index in [0.717, 1.165) is 6.07 Å². The first-order chi connectivity index (χ1) is 9.15. The summed E-state index contributed by atoms with van der Waals surface area (Å²) in [6.07, 6.45) is 0.0940. The first-order valence-electron chi connectivity index (χ1n) is 5.84. The van der Waals surface area contributed by atoms with Gasteiger partial charge in [0.05, 0.1) is 5.02 Å². The Morgan fingerprint density at radius 1 is 1.45 bits per heavy atom. The van der Waals surface area contributed by atoms with Gasteiger partial charge < -0.3 is 5.11 Å². The number of hydrogen-bond acceptors (Lipinski definition) is 3. The summed E-state index contributed by atoms with van der Waals surface area (Å²) >= 11 is 5.52. The van der Waals surface area contributed by atoms with Gasteiger partial charge in [0, 0.05) is 0 Å². The van der Waals surface area contributed by atoms with Crippen LogP contribution in [0, 0.1) is 11.7 Å². The first kappa shape index (κ1) is 16.9. The standard InChI is InChI=1S/C12H15ClFNO4S/c1-7(2)6-9(12(16)17)15-20(18,19)10-5-3-4-8(13)11(10)14/h3-5,7,9,15H,6H2,1-2H3,(H,16,17). The van der Waals surface area contributed by atoms with Crippen molar-refractivity contribution in [3.8, 4) is 0 Å². The van der Waals surface area contributed by atoms with Crippen LogP contribution in [0.1, 0.15) is 20.3 Å². The second-order valence-corrected chi connectivity index (χ2v) is 6.78. The summed E-state index contributed by atoms with van der Waals surface area (Å²) in [5, 5.41) is 8.67. The summed E-state index contributed by atoms with van der Waals surface area (Å²) < 4.78 is 39.8. The van der Waals surface area contributed by atoms with Crippen LogP contribution in [0.4, 0.5) is 4.39 Å². The summed E-state index contributed by atoms with van der Waals surface area (Å²) in [6, 6.07) is 2.19. The van der Waals surface area contributed by atoms with Crippen molar-refractivity contribution in [2.75, 3.05) is 0 Å². The zero-order chi connectivity index (χ0) is 15.5. The van der Waals surface area contributed by atoms with E-state index in [-0.39, 0.29) is 17.4 Å². The van der Waals surface area contributed by atoms with Crippen LogP contribution in [0.15, 0.2) is 23.1 Å². The smallest absolute Gasteiger partial charge is 0.321 e. The van der Waals surface area contributed by atoms with E-state index in [9.17, 15) is 17.6 Å². The highest BCUT2D eigenvalue weighted by molar-refractivity contribution is 7.89. The lowest BCUT2D eigenvalue weighted by Gasteiger charge is -2.17. The molecule has 0 saturated carbocycles. The molecule has 0 aliphatic heterocycles. The molecule has 0 fully saturated rings. The van der Waals surface area contributed by atoms with Crippen molar-refractivity contribution >= 4 is 27.6 Å². The Labute approximate surface area is 121 Å². The minimum Gasteiger partial charge on any atom is -0.480 e. The van der Waals surface area contributed by atoms with Gasteiger partial charge in [-0.25, -0.2) is 12.8 Å². The molecule has 2 N–H and O–H groups in total. The molecule has 0 bridgehead atoms. The minimum atomic E-state index is -4.29. The molecule has 0 aliphatic rings. The predicted molar refractivity (Wildman–Crippen MR) is 72.6 cm³/mol. The van der Waals surface area contributed by atoms with Gasteiger partial charge in [0.1, 0.15) is 10.9 Å². The Morgan fingerprint density at radius 3 is 2.55 bits per heavy atom. The highest BCUT2D eigenvalue weighted by Gasteiger charge is 2.28. The van der Waals surface area contributed by atoms with Gasteiger partial charge in [0.2, 0.25) is 10.0 Å². The third kappa shape index (κ3) is 4.16. The van der Waals surface area contributed by atoms with Crippen molar-refractivity contribution in [1.82, 2.24) is 4.72 Å². The van der Waals surface area contributed by atoms with Gasteiger partial charge in [0.25, 0.3) is 0 Å². The fraction of sp³-hybridized carbons (Fsp3) is 0.417. The number of sulfonamides is 1. The number of aliphatic carboxylic acids is 1. The quantitative estimate of drug-likeness (QED) is 0.841. The Balaban J connectivity index is 3.10. The summed E-state index contributed by atoms with van der Waals surface area (Å²) in [5.74, 6) is -2.46. The fourth-order valence-corrected chi connectivity index (χ4v) is 3.15. The SMILES string of the molecule is CC(C)CC(NS(=O)(=O)c1cccc(Cl)c1F)C(=O)O. The number of carboxylic acids is 1. The molecule has 1 aromatic rings. The zero-order valence-electron chi connectivity index (χ0n) is 10.9. The highest BCUT2D eigenvalue weighted by atomic mass is 35.5. The largest absolute Gasteiger partial charge is 0.480 e. The Kier molecular flexibility index (Phi) is 5.50. The molecule has 0 spiro atoms. The lowest BCUT2D eigenvalue weighted by Crippen LogP contribution is -2.41. The van der Waals surface area contributed by atoms with Crippen LogP contribution in [-0.4, -0.2) is 25.5 Å². The van der Waals surface area contributed by atoms with Crippen molar-refractivity contribution in [3.05, 3.63) is 29.0 Å². The van der Waals surface area contributed by atoms with Gasteiger partial charge >= 0.3 is 5.97 Å². The number of rotatable bonds is 6. The van der Waals surface area contributed by atoms with Gasteiger partial charge in [0.15, 0.2) is 5.82 Å². The lowest BCUT2D eigenvalue weighted by molar-refractivity contribution is -0.139. The molecule has 0 aliphatic carbocycles. The van der Waals surface area contributed by atoms with E-state index < -0.39 is 32.7 Å². The maximum absolute atomic E-state index is 13.7. The van der Waals surface area contributed by atoms with Crippen molar-refractivity contribution in [2.24, 2.45) is 5.92 Å². The molecule has 112 valence electrons. The molecule has 0 heterocycles. The molecular weight excluding hydrogens is 309 g/mol. The summed E-state index contributed by atoms with van der Waals surface area (Å²) in [5.41, 5.74) is 0. The van der Waals surface area contributed by atoms with Crippen LogP contribution >= 0.6 is 11.6 Å². The van der Waals surface area contributed by atoms with Gasteiger partial charge in [-0.2, -0.15) is 4.72 Å². The van der Waals surface area contributed by atoms with Crippen molar-refractivity contribution in [3.63, 3.8) is 0 Å². The van der Waals surface area contributed by atoms with Crippen molar-refractivity contribution in [2.45, 2.75) is 31.2 Å². The van der Waals surface area contributed by atoms with E-state index in [4.69, 9.17) is 16.7 Å². The summed E-state index contributed by atoms with van der Waals surface area (Å²) in [6.45, 7) is 3.51. The van der Waals surface area contributed by atoms with E-state index in [2.05, 4.69) is 0 Å². The molecular formula is C12H15ClFNO4S. The van der Waals surface area contributed by atoms with E-state index in [1.54, 1.807) is 13.8 Å². The normalized spacial score (nSPS) is 13.4. The Morgan fingerprint density at radius 2 is 2.05 bits per heavy atom. The second-order valence-electron chi connectivity index (χ2n) is 4.69. The summed E-state index contributed by atoms with van der Waals surface area (Å²) in [7, 11) is -4.29. The van der Waals surface area contributed by atoms with Gasteiger partial charge in [-0.15, -0.1) is 0 Å². The molecule has 0 amide bonds. The van der Waals surface area contributed by atoms with Crippen LogP contribution < -0.4 is 4.72 Å². The molecule has 1 unspecified atom stereocenters. The van der Waals surface area contributed by atoms with Crippen LogP contribution in [0.3, 0.4) is 0 Å². The number of carbonyl (C=O) groups is 1. The average molecular weight is 324 g/mol. The van der Waals surface area contributed by atoms with Crippen LogP contribution in [-0.2, 0) is 14.8 Å². The van der Waals surface area contributed by atoms with Gasteiger partial charge in [-0.05, 0) is 24.5 Å². The van der Waals surface area contributed by atoms with E-state index in [0.29, 0.717) is 0 Å². The Hall–Kier alpha value is -1.18. The second kappa shape index (κ2) is 6.51. The van der Waals surface area contributed by atoms with Crippen molar-refractivity contribution < 1.29 is 22.7 Å². The third-order valence-electron chi connectivity index (χ3n) is 2.51. The minimum absolute atomic E-state index is 0.0389. The average Bonchev–Trinajstić information content (AvgIpc) is 2.30. The Bertz CT molecular complexity index is 603. The van der Waals surface area contributed by atoms with E-state index in [1.807, 2.05) is 4.72 Å². The molecule has 8 heteroatoms. The topological polar surface area (TPSA) is 83.5 Å². The molecule has 0 aromatic heterocycles. The fourth-order valence-electron chi connectivity index (χ4n) is 1.61. The van der Waals surface area contributed by atoms with Gasteiger partial charge in [-0.3, -0.25) is 4.79 Å². The lowest BCUT2D eigenvalue weighted by atomic mass is 10.1. The molecule has 1 rings (SSSR count). The van der Waals surface area contributed by atoms with E-state index in [1.165, 1.54) is 12.1 Å². The molecule has 1 aromatic carbocycles. The van der Waals surface area contributed by atoms with Crippen LogP contribution in [0.2, 0.25) is 5.02 Å². The van der Waals surface area contributed by atoms with Crippen LogP contribution in [0.5, 0.6) is 0 Å². The maximum atomic E-state index is 13.7. The van der Waals surface area contributed by atoms with Crippen LogP contribution in [0.25, 0.3) is 0 Å². The zero-order valence-corrected chi connectivity index (χ0v) is 12.5. The predicted octanol–water partition coefficient (Wildman–Crippen LogP) is 2.26. The number of benzene rings is 1. The number of nitrogens with one attached hydrogen (secondary N) is 1. The molecule has 20 heavy (non-hydrogen) atoms. The molecule has 0 saturated heterocycles. The molecule has 1 atom stereocenters. The van der Waals surface area contributed by atoms with Gasteiger partial charge in [-0.1, -0.05) is 31.5 Å². The first-order valence-corrected chi connectivity index (χ1v) is 7.70. The monoisotopic (exact) mass is 323 g/mol. The number of halogens is 2. The highest BCUT2D eigenvalue weighted by Crippen LogP contribution is 2.22. The maximum Gasteiger partial charge on any atom is 0.321 e. The number of hydrogen-bond donors (Lipinski definition) is 2. The molecule has 5 nitrogen and oxygen atoms in total.